The fraction of sp³-hybridized carbons (Fsp3) is 0.533. The number of methoxy groups -OCH3 is 1. The van der Waals surface area contributed by atoms with Crippen molar-refractivity contribution in [3.8, 4) is 5.75 Å². The Hall–Kier alpha value is -1.50. The largest absolute Gasteiger partial charge is 0.496 e. The van der Waals surface area contributed by atoms with Crippen LogP contribution in [0.4, 0.5) is 5.69 Å². The van der Waals surface area contributed by atoms with Gasteiger partial charge in [-0.2, -0.15) is 0 Å². The maximum absolute atomic E-state index is 12.6. The minimum Gasteiger partial charge on any atom is -0.496 e. The number of hydrogen-bond donors (Lipinski definition) is 2. The van der Waals surface area contributed by atoms with Gasteiger partial charge in [0, 0.05) is 25.7 Å². The van der Waals surface area contributed by atoms with Crippen molar-refractivity contribution in [2.24, 2.45) is 0 Å². The molecule has 120 valence electrons. The Morgan fingerprint density at radius 3 is 3.09 bits per heavy atom. The molecule has 2 aliphatic rings. The minimum atomic E-state index is -0.216. The number of nitrogens with one attached hydrogen (secondary N) is 1. The van der Waals surface area contributed by atoms with Crippen LogP contribution < -0.4 is 15.8 Å². The van der Waals surface area contributed by atoms with Gasteiger partial charge in [0.05, 0.1) is 42.1 Å². The lowest BCUT2D eigenvalue weighted by Gasteiger charge is -2.42. The third kappa shape index (κ3) is 2.99. The lowest BCUT2D eigenvalue weighted by atomic mass is 9.99. The van der Waals surface area contributed by atoms with E-state index in [-0.39, 0.29) is 18.1 Å². The molecule has 1 aromatic rings. The number of hydrogen-bond acceptors (Lipinski definition) is 5. The summed E-state index contributed by atoms with van der Waals surface area (Å²) >= 11 is 6.02. The van der Waals surface area contributed by atoms with Gasteiger partial charge in [-0.1, -0.05) is 11.6 Å². The van der Waals surface area contributed by atoms with E-state index in [1.807, 2.05) is 0 Å². The second-order valence-corrected chi connectivity index (χ2v) is 6.06. The number of carbonyl (C=O) groups excluding carboxylic acids is 1. The van der Waals surface area contributed by atoms with Crippen molar-refractivity contribution in [2.45, 2.75) is 18.6 Å². The summed E-state index contributed by atoms with van der Waals surface area (Å²) in [6.07, 6.45) is 0.920. The number of nitrogens with zero attached hydrogens (tertiary/aromatic N) is 1. The fourth-order valence-corrected chi connectivity index (χ4v) is 3.18. The highest BCUT2D eigenvalue weighted by atomic mass is 35.5. The maximum atomic E-state index is 12.6. The maximum Gasteiger partial charge on any atom is 0.255 e. The smallest absolute Gasteiger partial charge is 0.255 e. The van der Waals surface area contributed by atoms with Gasteiger partial charge in [0.15, 0.2) is 0 Å². The molecule has 2 saturated heterocycles. The Balaban J connectivity index is 1.75. The lowest BCUT2D eigenvalue weighted by Crippen LogP contribution is -2.58. The summed E-state index contributed by atoms with van der Waals surface area (Å²) in [5.41, 5.74) is 6.52. The molecule has 3 N–H and O–H groups in total. The summed E-state index contributed by atoms with van der Waals surface area (Å²) in [4.78, 5) is 14.9. The summed E-state index contributed by atoms with van der Waals surface area (Å²) < 4.78 is 11.0. The Kier molecular flexibility index (Phi) is 4.42. The zero-order valence-electron chi connectivity index (χ0n) is 12.5. The highest BCUT2D eigenvalue weighted by molar-refractivity contribution is 6.33. The number of ether oxygens (including phenoxy) is 2. The van der Waals surface area contributed by atoms with E-state index in [0.717, 1.165) is 26.1 Å². The van der Waals surface area contributed by atoms with Gasteiger partial charge in [0.25, 0.3) is 5.91 Å². The molecule has 0 spiro atoms. The monoisotopic (exact) mass is 325 g/mol. The molecule has 1 unspecified atom stereocenters. The van der Waals surface area contributed by atoms with Crippen molar-refractivity contribution in [2.75, 3.05) is 39.1 Å². The molecule has 1 amide bonds. The first kappa shape index (κ1) is 15.4. The topological polar surface area (TPSA) is 76.8 Å². The minimum absolute atomic E-state index is 0.00471. The molecule has 1 aromatic carbocycles. The van der Waals surface area contributed by atoms with Crippen LogP contribution in [0.15, 0.2) is 12.1 Å². The molecule has 0 saturated carbocycles. The molecular formula is C15H20ClN3O3. The second-order valence-electron chi connectivity index (χ2n) is 5.65. The van der Waals surface area contributed by atoms with Gasteiger partial charge in [-0.25, -0.2) is 0 Å². The molecule has 2 fully saturated rings. The summed E-state index contributed by atoms with van der Waals surface area (Å²) in [6, 6.07) is 3.11. The molecule has 3 atom stereocenters. The van der Waals surface area contributed by atoms with Crippen molar-refractivity contribution >= 4 is 23.2 Å². The average molecular weight is 326 g/mol. The molecule has 0 aliphatic carbocycles. The Labute approximate surface area is 134 Å². The number of carbonyl (C=O) groups is 1. The fourth-order valence-electron chi connectivity index (χ4n) is 3.01. The summed E-state index contributed by atoms with van der Waals surface area (Å²) in [5.74, 6) is 0.202. The second kappa shape index (κ2) is 6.32. The Morgan fingerprint density at radius 2 is 2.32 bits per heavy atom. The van der Waals surface area contributed by atoms with Gasteiger partial charge in [-0.05, 0) is 12.5 Å². The first-order chi connectivity index (χ1) is 10.6. The quantitative estimate of drug-likeness (QED) is 0.815. The van der Waals surface area contributed by atoms with Crippen LogP contribution in [0.2, 0.25) is 5.02 Å². The van der Waals surface area contributed by atoms with Crippen LogP contribution >= 0.6 is 11.6 Å². The first-order valence-electron chi connectivity index (χ1n) is 7.36. The average Bonchev–Trinajstić information content (AvgIpc) is 2.52. The number of anilines is 1. The van der Waals surface area contributed by atoms with Gasteiger partial charge >= 0.3 is 0 Å². The van der Waals surface area contributed by atoms with E-state index in [0.29, 0.717) is 28.6 Å². The van der Waals surface area contributed by atoms with Crippen LogP contribution in [0.1, 0.15) is 16.8 Å². The summed E-state index contributed by atoms with van der Waals surface area (Å²) in [6.45, 7) is 3.53. The molecule has 0 radical (unpaired) electrons. The third-order valence-corrected chi connectivity index (χ3v) is 4.59. The zero-order chi connectivity index (χ0) is 15.7. The van der Waals surface area contributed by atoms with Crippen LogP contribution in [0.3, 0.4) is 0 Å². The van der Waals surface area contributed by atoms with E-state index in [9.17, 15) is 4.79 Å². The van der Waals surface area contributed by atoms with E-state index in [1.165, 1.54) is 7.11 Å². The number of rotatable bonds is 3. The standard InChI is InChI=1S/C15H20ClN3O3/c1-21-13-7-11(17)10(16)6-9(13)15(20)18-12-2-3-19-4-5-22-14(12)8-19/h6-7,12,14H,2-5,8,17H2,1H3,(H,18,20)/t12-,14+/m0/s1. The van der Waals surface area contributed by atoms with Crippen molar-refractivity contribution in [1.29, 1.82) is 0 Å². The molecule has 6 nitrogen and oxygen atoms in total. The van der Waals surface area contributed by atoms with Crippen LogP contribution in [0.25, 0.3) is 0 Å². The summed E-state index contributed by atoms with van der Waals surface area (Å²) in [5, 5.41) is 3.38. The highest BCUT2D eigenvalue weighted by Gasteiger charge is 2.34. The predicted molar refractivity (Wildman–Crippen MR) is 84.5 cm³/mol. The molecular weight excluding hydrogens is 306 g/mol. The van der Waals surface area contributed by atoms with Crippen LogP contribution in [0.5, 0.6) is 5.75 Å². The zero-order valence-corrected chi connectivity index (χ0v) is 13.2. The molecule has 2 aliphatic heterocycles. The van der Waals surface area contributed by atoms with E-state index >= 15 is 0 Å². The van der Waals surface area contributed by atoms with Crippen molar-refractivity contribution in [1.82, 2.24) is 10.2 Å². The number of morpholine rings is 1. The molecule has 2 heterocycles. The molecule has 22 heavy (non-hydrogen) atoms. The van der Waals surface area contributed by atoms with Gasteiger partial charge in [0.2, 0.25) is 0 Å². The molecule has 0 aromatic heterocycles. The van der Waals surface area contributed by atoms with Crippen molar-refractivity contribution in [3.63, 3.8) is 0 Å². The van der Waals surface area contributed by atoms with Crippen LogP contribution in [-0.4, -0.2) is 56.3 Å². The number of halogens is 1. The molecule has 7 heteroatoms. The van der Waals surface area contributed by atoms with Gasteiger partial charge in [0.1, 0.15) is 5.75 Å². The Morgan fingerprint density at radius 1 is 1.50 bits per heavy atom. The highest BCUT2D eigenvalue weighted by Crippen LogP contribution is 2.29. The number of nitrogen functional groups attached to an aromatic ring is 1. The van der Waals surface area contributed by atoms with E-state index in [4.69, 9.17) is 26.8 Å². The normalized spacial score (nSPS) is 27.3. The van der Waals surface area contributed by atoms with Crippen molar-refractivity contribution in [3.05, 3.63) is 22.7 Å². The van der Waals surface area contributed by atoms with Crippen LogP contribution in [0, 0.1) is 0 Å². The SMILES string of the molecule is COc1cc(N)c(Cl)cc1C(=O)N[C@H]1CCN2CCO[C@@H]1C2. The lowest BCUT2D eigenvalue weighted by molar-refractivity contribution is -0.0702. The number of nitrogens with two attached hydrogens (primary N) is 1. The number of amides is 1. The van der Waals surface area contributed by atoms with Gasteiger partial charge in [-0.3, -0.25) is 9.69 Å². The van der Waals surface area contributed by atoms with Gasteiger partial charge in [-0.15, -0.1) is 0 Å². The molecule has 2 bridgehead atoms. The van der Waals surface area contributed by atoms with E-state index < -0.39 is 0 Å². The van der Waals surface area contributed by atoms with Gasteiger partial charge < -0.3 is 20.5 Å². The Bertz CT molecular complexity index is 581. The number of piperidine rings is 1. The van der Waals surface area contributed by atoms with E-state index in [1.54, 1.807) is 12.1 Å². The van der Waals surface area contributed by atoms with E-state index in [2.05, 4.69) is 10.2 Å². The van der Waals surface area contributed by atoms with Crippen LogP contribution in [-0.2, 0) is 4.74 Å². The molecule has 3 rings (SSSR count). The predicted octanol–water partition coefficient (Wildman–Crippen LogP) is 1.13. The first-order valence-corrected chi connectivity index (χ1v) is 7.74. The van der Waals surface area contributed by atoms with Crippen molar-refractivity contribution < 1.29 is 14.3 Å². The number of fused-ring (bicyclic) bond motifs is 2. The third-order valence-electron chi connectivity index (χ3n) is 4.26. The summed E-state index contributed by atoms with van der Waals surface area (Å²) in [7, 11) is 1.50. The number of benzene rings is 1.